The van der Waals surface area contributed by atoms with Crippen molar-refractivity contribution in [3.05, 3.63) is 29.6 Å². The van der Waals surface area contributed by atoms with Gasteiger partial charge in [-0.15, -0.1) is 0 Å². The zero-order valence-electron chi connectivity index (χ0n) is 12.5. The number of hydrogen-bond donors (Lipinski definition) is 2. The molecule has 0 spiro atoms. The van der Waals surface area contributed by atoms with Crippen molar-refractivity contribution >= 4 is 23.1 Å². The highest BCUT2D eigenvalue weighted by atomic mass is 32.1. The number of rotatable bonds is 5. The molecule has 5 heteroatoms. The lowest BCUT2D eigenvalue weighted by Gasteiger charge is -2.26. The third-order valence-electron chi connectivity index (χ3n) is 4.25. The van der Waals surface area contributed by atoms with E-state index in [9.17, 15) is 4.79 Å². The number of thiocarbonyl (C=S) groups is 1. The molecule has 1 fully saturated rings. The molecule has 0 radical (unpaired) electrons. The fourth-order valence-corrected chi connectivity index (χ4v) is 2.89. The van der Waals surface area contributed by atoms with Gasteiger partial charge in [0.05, 0.1) is 0 Å². The first-order chi connectivity index (χ1) is 10.1. The molecular weight excluding hydrogens is 282 g/mol. The lowest BCUT2D eigenvalue weighted by molar-refractivity contribution is 0.0944. The molecule has 0 unspecified atom stereocenters. The average molecular weight is 305 g/mol. The van der Waals surface area contributed by atoms with E-state index in [0.29, 0.717) is 16.2 Å². The third kappa shape index (κ3) is 4.77. The zero-order valence-corrected chi connectivity index (χ0v) is 13.3. The molecule has 1 aliphatic rings. The Balaban J connectivity index is 1.75. The predicted molar refractivity (Wildman–Crippen MR) is 88.2 cm³/mol. The van der Waals surface area contributed by atoms with Crippen molar-refractivity contribution in [2.75, 3.05) is 6.54 Å². The van der Waals surface area contributed by atoms with Crippen LogP contribution in [0.3, 0.4) is 0 Å². The number of pyridine rings is 1. The summed E-state index contributed by atoms with van der Waals surface area (Å²) in [7, 11) is 0. The van der Waals surface area contributed by atoms with Gasteiger partial charge >= 0.3 is 0 Å². The van der Waals surface area contributed by atoms with Gasteiger partial charge in [0.15, 0.2) is 0 Å². The van der Waals surface area contributed by atoms with Gasteiger partial charge in [0.2, 0.25) is 0 Å². The van der Waals surface area contributed by atoms with Gasteiger partial charge in [0, 0.05) is 18.3 Å². The molecule has 1 saturated carbocycles. The minimum absolute atomic E-state index is 0.131. The summed E-state index contributed by atoms with van der Waals surface area (Å²) >= 11 is 4.86. The second-order valence-electron chi connectivity index (χ2n) is 5.97. The number of carbonyl (C=O) groups is 1. The number of carbonyl (C=O) groups excluding carboxylic acids is 1. The molecule has 0 aromatic carbocycles. The highest BCUT2D eigenvalue weighted by Crippen LogP contribution is 2.29. The molecule has 0 atom stereocenters. The summed E-state index contributed by atoms with van der Waals surface area (Å²) in [5, 5.41) is 2.94. The molecule has 1 aliphatic carbocycles. The monoisotopic (exact) mass is 305 g/mol. The first-order valence-electron chi connectivity index (χ1n) is 7.60. The Morgan fingerprint density at radius 2 is 2.10 bits per heavy atom. The van der Waals surface area contributed by atoms with Crippen LogP contribution >= 0.6 is 12.2 Å². The normalized spacial score (nSPS) is 21.8. The number of nitrogens with one attached hydrogen (secondary N) is 1. The Morgan fingerprint density at radius 1 is 1.38 bits per heavy atom. The molecule has 3 N–H and O–H groups in total. The largest absolute Gasteiger partial charge is 0.389 e. The van der Waals surface area contributed by atoms with Crippen LogP contribution in [-0.2, 0) is 0 Å². The Hall–Kier alpha value is -1.49. The van der Waals surface area contributed by atoms with Crippen LogP contribution in [0.1, 0.15) is 55.1 Å². The van der Waals surface area contributed by atoms with Gasteiger partial charge in [-0.2, -0.15) is 0 Å². The molecule has 1 heterocycles. The fraction of sp³-hybridized carbons (Fsp3) is 0.562. The minimum Gasteiger partial charge on any atom is -0.389 e. The van der Waals surface area contributed by atoms with Gasteiger partial charge in [-0.3, -0.25) is 9.78 Å². The maximum atomic E-state index is 12.0. The van der Waals surface area contributed by atoms with E-state index in [0.717, 1.165) is 24.8 Å². The van der Waals surface area contributed by atoms with Crippen molar-refractivity contribution < 1.29 is 4.79 Å². The van der Waals surface area contributed by atoms with E-state index < -0.39 is 0 Å². The average Bonchev–Trinajstić information content (AvgIpc) is 2.49. The number of nitrogens with two attached hydrogens (primary N) is 1. The fourth-order valence-electron chi connectivity index (χ4n) is 2.77. The summed E-state index contributed by atoms with van der Waals surface area (Å²) in [6.45, 7) is 3.04. The molecule has 1 amide bonds. The van der Waals surface area contributed by atoms with Crippen LogP contribution in [0.5, 0.6) is 0 Å². The van der Waals surface area contributed by atoms with Gasteiger partial charge < -0.3 is 11.1 Å². The lowest BCUT2D eigenvalue weighted by atomic mass is 9.81. The van der Waals surface area contributed by atoms with E-state index >= 15 is 0 Å². The van der Waals surface area contributed by atoms with Crippen molar-refractivity contribution in [3.63, 3.8) is 0 Å². The Labute approximate surface area is 131 Å². The SMILES string of the molecule is CC1CCC(CCNC(=O)c2ccc(C(N)=S)cn2)CC1. The van der Waals surface area contributed by atoms with Crippen molar-refractivity contribution in [3.8, 4) is 0 Å². The predicted octanol–water partition coefficient (Wildman–Crippen LogP) is 2.66. The molecular formula is C16H23N3OS. The standard InChI is InChI=1S/C16H23N3OS/c1-11-2-4-12(5-3-11)8-9-18-16(20)14-7-6-13(10-19-14)15(17)21/h6-7,10-12H,2-5,8-9H2,1H3,(H2,17,21)(H,18,20). The summed E-state index contributed by atoms with van der Waals surface area (Å²) in [4.78, 5) is 16.4. The van der Waals surface area contributed by atoms with Crippen molar-refractivity contribution in [2.45, 2.75) is 39.0 Å². The third-order valence-corrected chi connectivity index (χ3v) is 4.49. The Bertz CT molecular complexity index is 493. The second-order valence-corrected chi connectivity index (χ2v) is 6.41. The maximum Gasteiger partial charge on any atom is 0.269 e. The van der Waals surface area contributed by atoms with Crippen molar-refractivity contribution in [1.82, 2.24) is 10.3 Å². The van der Waals surface area contributed by atoms with Gasteiger partial charge in [0.1, 0.15) is 10.7 Å². The van der Waals surface area contributed by atoms with Gasteiger partial charge in [-0.05, 0) is 30.4 Å². The van der Waals surface area contributed by atoms with Crippen molar-refractivity contribution in [1.29, 1.82) is 0 Å². The number of amides is 1. The topological polar surface area (TPSA) is 68.0 Å². The Kier molecular flexibility index (Phi) is 5.67. The van der Waals surface area contributed by atoms with Gasteiger partial charge in [-0.1, -0.05) is 44.8 Å². The molecule has 1 aromatic rings. The maximum absolute atomic E-state index is 12.0. The molecule has 4 nitrogen and oxygen atoms in total. The van der Waals surface area contributed by atoms with E-state index in [1.165, 1.54) is 25.7 Å². The quantitative estimate of drug-likeness (QED) is 0.821. The minimum atomic E-state index is -0.131. The first-order valence-corrected chi connectivity index (χ1v) is 8.01. The summed E-state index contributed by atoms with van der Waals surface area (Å²) in [6.07, 6.45) is 7.82. The molecule has 21 heavy (non-hydrogen) atoms. The lowest BCUT2D eigenvalue weighted by Crippen LogP contribution is -2.27. The van der Waals surface area contributed by atoms with Crippen LogP contribution in [0.2, 0.25) is 0 Å². The van der Waals surface area contributed by atoms with Crippen LogP contribution in [0.15, 0.2) is 18.3 Å². The molecule has 0 saturated heterocycles. The van der Waals surface area contributed by atoms with E-state index in [2.05, 4.69) is 17.2 Å². The van der Waals surface area contributed by atoms with E-state index in [1.54, 1.807) is 18.3 Å². The smallest absolute Gasteiger partial charge is 0.269 e. The van der Waals surface area contributed by atoms with Crippen molar-refractivity contribution in [2.24, 2.45) is 17.6 Å². The number of aromatic nitrogens is 1. The molecule has 0 aliphatic heterocycles. The van der Waals surface area contributed by atoms with Crippen LogP contribution in [0.25, 0.3) is 0 Å². The molecule has 2 rings (SSSR count). The second kappa shape index (κ2) is 7.50. The number of hydrogen-bond acceptors (Lipinski definition) is 3. The van der Waals surface area contributed by atoms with Crippen LogP contribution in [-0.4, -0.2) is 22.4 Å². The van der Waals surface area contributed by atoms with Crippen LogP contribution < -0.4 is 11.1 Å². The van der Waals surface area contributed by atoms with E-state index in [-0.39, 0.29) is 5.91 Å². The molecule has 1 aromatic heterocycles. The number of nitrogens with zero attached hydrogens (tertiary/aromatic N) is 1. The van der Waals surface area contributed by atoms with Gasteiger partial charge in [-0.25, -0.2) is 0 Å². The Morgan fingerprint density at radius 3 is 2.67 bits per heavy atom. The summed E-state index contributed by atoms with van der Waals surface area (Å²) in [5.41, 5.74) is 6.59. The van der Waals surface area contributed by atoms with E-state index in [4.69, 9.17) is 18.0 Å². The first kappa shape index (κ1) is 15.9. The summed E-state index contributed by atoms with van der Waals surface area (Å²) in [6, 6.07) is 3.39. The highest BCUT2D eigenvalue weighted by Gasteiger charge is 2.18. The summed E-state index contributed by atoms with van der Waals surface area (Å²) < 4.78 is 0. The van der Waals surface area contributed by atoms with Gasteiger partial charge in [0.25, 0.3) is 5.91 Å². The van der Waals surface area contributed by atoms with Crippen LogP contribution in [0.4, 0.5) is 0 Å². The summed E-state index contributed by atoms with van der Waals surface area (Å²) in [5.74, 6) is 1.49. The van der Waals surface area contributed by atoms with Crippen LogP contribution in [0, 0.1) is 11.8 Å². The molecule has 114 valence electrons. The van der Waals surface area contributed by atoms with E-state index in [1.807, 2.05) is 0 Å². The zero-order chi connectivity index (χ0) is 15.2. The molecule has 0 bridgehead atoms. The highest BCUT2D eigenvalue weighted by molar-refractivity contribution is 7.80.